The van der Waals surface area contributed by atoms with Crippen LogP contribution in [0, 0.1) is 0 Å². The molecule has 0 saturated carbocycles. The fourth-order valence-corrected chi connectivity index (χ4v) is 3.74. The normalized spacial score (nSPS) is 14.7. The lowest BCUT2D eigenvalue weighted by Crippen LogP contribution is -2.46. The van der Waals surface area contributed by atoms with Crippen molar-refractivity contribution in [3.63, 3.8) is 0 Å². The van der Waals surface area contributed by atoms with Crippen molar-refractivity contribution in [3.05, 3.63) is 84.7 Å². The molecule has 0 unspecified atom stereocenters. The minimum absolute atomic E-state index is 0.210. The summed E-state index contributed by atoms with van der Waals surface area (Å²) in [6.45, 7) is 20.1. The smallest absolute Gasteiger partial charge is 0.410 e. The molecule has 0 bridgehead atoms. The Kier molecular flexibility index (Phi) is 16.8. The van der Waals surface area contributed by atoms with E-state index >= 15 is 0 Å². The summed E-state index contributed by atoms with van der Waals surface area (Å²) >= 11 is 4.64. The Labute approximate surface area is 229 Å². The topological polar surface area (TPSA) is 48.9 Å². The van der Waals surface area contributed by atoms with Gasteiger partial charge in [-0.1, -0.05) is 50.3 Å². The zero-order valence-corrected chi connectivity index (χ0v) is 23.9. The van der Waals surface area contributed by atoms with Crippen LogP contribution < -0.4 is 4.90 Å². The van der Waals surface area contributed by atoms with Crippen molar-refractivity contribution in [3.8, 4) is 0 Å². The van der Waals surface area contributed by atoms with Gasteiger partial charge < -0.3 is 14.5 Å². The van der Waals surface area contributed by atoms with Crippen LogP contribution in [0.4, 0.5) is 10.5 Å². The van der Waals surface area contributed by atoms with Gasteiger partial charge in [0.2, 0.25) is 0 Å². The molecule has 2 aliphatic heterocycles. The number of allylic oxidation sites excluding steroid dienone is 2. The van der Waals surface area contributed by atoms with Crippen LogP contribution >= 0.6 is 11.6 Å². The van der Waals surface area contributed by atoms with Crippen LogP contribution in [0.25, 0.3) is 0 Å². The van der Waals surface area contributed by atoms with Crippen LogP contribution in [0.2, 0.25) is 0 Å². The number of carbonyl (C=O) groups is 1. The number of anilines is 1. The van der Waals surface area contributed by atoms with E-state index in [2.05, 4.69) is 83.7 Å². The predicted octanol–water partition coefficient (Wildman–Crippen LogP) is 6.77. The zero-order valence-electron chi connectivity index (χ0n) is 23.2. The number of nitrogens with zero attached hydrogens (tertiary/aromatic N) is 4. The van der Waals surface area contributed by atoms with Crippen LogP contribution in [-0.2, 0) is 17.8 Å². The summed E-state index contributed by atoms with van der Waals surface area (Å²) in [7, 11) is 0. The van der Waals surface area contributed by atoms with Gasteiger partial charge in [0.25, 0.3) is 0 Å². The third-order valence-corrected chi connectivity index (χ3v) is 6.00. The molecule has 1 aromatic carbocycles. The molecular weight excluding hydrogens is 484 g/mol. The number of amides is 1. The molecule has 0 N–H and O–H groups in total. The molecule has 7 heteroatoms. The van der Waals surface area contributed by atoms with Gasteiger partial charge in [0.1, 0.15) is 6.61 Å². The molecule has 2 aromatic rings. The molecule has 0 aliphatic carbocycles. The molecule has 2 aliphatic rings. The molecule has 0 atom stereocenters. The third-order valence-electron chi connectivity index (χ3n) is 6.00. The van der Waals surface area contributed by atoms with Crippen molar-refractivity contribution in [2.45, 2.75) is 46.7 Å². The van der Waals surface area contributed by atoms with Crippen molar-refractivity contribution in [2.75, 3.05) is 50.6 Å². The number of aromatic nitrogens is 1. The van der Waals surface area contributed by atoms with Gasteiger partial charge in [-0.2, -0.15) is 0 Å². The van der Waals surface area contributed by atoms with Gasteiger partial charge in [-0.25, -0.2) is 4.79 Å². The largest absolute Gasteiger partial charge is 0.448 e. The molecule has 1 amide bonds. The Hall–Kier alpha value is -2.83. The number of alkyl halides is 1. The van der Waals surface area contributed by atoms with Crippen molar-refractivity contribution < 1.29 is 9.53 Å². The summed E-state index contributed by atoms with van der Waals surface area (Å²) in [5, 5.41) is 0. The van der Waals surface area contributed by atoms with Gasteiger partial charge in [-0.05, 0) is 49.6 Å². The fourth-order valence-electron chi connectivity index (χ4n) is 3.74. The van der Waals surface area contributed by atoms with Gasteiger partial charge >= 0.3 is 6.09 Å². The molecule has 4 rings (SSSR count). The van der Waals surface area contributed by atoms with Crippen molar-refractivity contribution in [1.82, 2.24) is 14.8 Å². The van der Waals surface area contributed by atoms with E-state index in [-0.39, 0.29) is 6.09 Å². The number of pyridine rings is 1. The van der Waals surface area contributed by atoms with Crippen molar-refractivity contribution >= 4 is 23.4 Å². The van der Waals surface area contributed by atoms with E-state index in [9.17, 15) is 4.79 Å². The number of hydrogen-bond donors (Lipinski definition) is 0. The third kappa shape index (κ3) is 12.3. The average molecular weight is 529 g/mol. The van der Waals surface area contributed by atoms with E-state index in [1.165, 1.54) is 17.6 Å². The lowest BCUT2D eigenvalue weighted by molar-refractivity contribution is 0.157. The first-order valence-electron chi connectivity index (χ1n) is 13.0. The molecule has 0 radical (unpaired) electrons. The Balaban J connectivity index is 0.000000534. The molecular formula is C30H45ClN4O2. The average Bonchev–Trinajstić information content (AvgIpc) is 3.35. The molecule has 6 nitrogen and oxygen atoms in total. The number of rotatable bonds is 7. The predicted molar refractivity (Wildman–Crippen MR) is 157 cm³/mol. The number of cyclic esters (lactones) is 1. The monoisotopic (exact) mass is 528 g/mol. The highest BCUT2D eigenvalue weighted by Gasteiger charge is 2.22. The molecule has 37 heavy (non-hydrogen) atoms. The second-order valence-corrected chi connectivity index (χ2v) is 8.65. The summed E-state index contributed by atoms with van der Waals surface area (Å²) < 4.78 is 4.98. The number of halogens is 1. The SMILES string of the molecule is C=C(CC)CC.C=CC.CCl.O=C1OCCN1Cc1ccc(N2CCN(Cc3ccccn3)CC2)cc1. The number of benzene rings is 1. The molecule has 1 aromatic heterocycles. The lowest BCUT2D eigenvalue weighted by atomic mass is 10.1. The zero-order chi connectivity index (χ0) is 27.5. The second-order valence-electron chi connectivity index (χ2n) is 8.65. The first-order chi connectivity index (χ1) is 18.0. The molecule has 2 fully saturated rings. The minimum Gasteiger partial charge on any atom is -0.448 e. The van der Waals surface area contributed by atoms with Crippen LogP contribution in [-0.4, -0.2) is 66.6 Å². The summed E-state index contributed by atoms with van der Waals surface area (Å²) in [6, 6.07) is 14.6. The van der Waals surface area contributed by atoms with Crippen molar-refractivity contribution in [2.24, 2.45) is 0 Å². The van der Waals surface area contributed by atoms with Gasteiger partial charge in [0, 0.05) is 57.5 Å². The van der Waals surface area contributed by atoms with E-state index in [0.29, 0.717) is 19.7 Å². The van der Waals surface area contributed by atoms with E-state index in [1.54, 1.807) is 11.0 Å². The highest BCUT2D eigenvalue weighted by Crippen LogP contribution is 2.19. The van der Waals surface area contributed by atoms with Gasteiger partial charge in [-0.15, -0.1) is 18.2 Å². The van der Waals surface area contributed by atoms with Crippen molar-refractivity contribution in [1.29, 1.82) is 0 Å². The van der Waals surface area contributed by atoms with Gasteiger partial charge in [0.15, 0.2) is 0 Å². The Morgan fingerprint density at radius 1 is 1.00 bits per heavy atom. The lowest BCUT2D eigenvalue weighted by Gasteiger charge is -2.36. The van der Waals surface area contributed by atoms with Crippen LogP contribution in [0.5, 0.6) is 0 Å². The van der Waals surface area contributed by atoms with Crippen LogP contribution in [0.1, 0.15) is 44.9 Å². The first kappa shape index (κ1) is 32.2. The van der Waals surface area contributed by atoms with E-state index in [4.69, 9.17) is 4.74 Å². The summed E-state index contributed by atoms with van der Waals surface area (Å²) in [6.07, 6.45) is 7.14. The Bertz CT molecular complexity index is 892. The summed E-state index contributed by atoms with van der Waals surface area (Å²) in [4.78, 5) is 22.6. The highest BCUT2D eigenvalue weighted by atomic mass is 35.5. The van der Waals surface area contributed by atoms with E-state index < -0.39 is 0 Å². The Morgan fingerprint density at radius 2 is 1.62 bits per heavy atom. The molecule has 2 saturated heterocycles. The number of hydrogen-bond acceptors (Lipinski definition) is 5. The maximum absolute atomic E-state index is 11.5. The number of piperazine rings is 1. The van der Waals surface area contributed by atoms with Gasteiger partial charge in [-0.3, -0.25) is 9.88 Å². The second kappa shape index (κ2) is 19.3. The maximum atomic E-state index is 11.5. The first-order valence-corrected chi connectivity index (χ1v) is 13.8. The number of ether oxygens (including phenoxy) is 1. The van der Waals surface area contributed by atoms with Crippen LogP contribution in [0.3, 0.4) is 0 Å². The van der Waals surface area contributed by atoms with Crippen LogP contribution in [0.15, 0.2) is 73.5 Å². The Morgan fingerprint density at radius 3 is 2.08 bits per heavy atom. The molecule has 0 spiro atoms. The molecule has 3 heterocycles. The molecule has 204 valence electrons. The summed E-state index contributed by atoms with van der Waals surface area (Å²) in [5.41, 5.74) is 4.86. The number of carbonyl (C=O) groups excluding carboxylic acids is 1. The van der Waals surface area contributed by atoms with Gasteiger partial charge in [0.05, 0.1) is 12.2 Å². The summed E-state index contributed by atoms with van der Waals surface area (Å²) in [5.74, 6) is 0. The highest BCUT2D eigenvalue weighted by molar-refractivity contribution is 6.15. The van der Waals surface area contributed by atoms with E-state index in [1.807, 2.05) is 25.3 Å². The quantitative estimate of drug-likeness (QED) is 0.293. The maximum Gasteiger partial charge on any atom is 0.410 e. The standard InChI is InChI=1S/C20H24N4O2.C6H12.C3H6.CH3Cl/c25-20-24(13-14-26-20)15-17-4-6-19(7-5-17)23-11-9-22(10-12-23)16-18-3-1-2-8-21-18;1-4-6(3)5-2;1-3-2;1-2/h1-8H,9-16H2;3-5H2,1-2H3;3H,1H2,2H3;1H3. The van der Waals surface area contributed by atoms with E-state index in [0.717, 1.165) is 56.8 Å². The fraction of sp³-hybridized carbons (Fsp3) is 0.467. The minimum atomic E-state index is -0.210.